The summed E-state index contributed by atoms with van der Waals surface area (Å²) in [5, 5.41) is 6.28. The Hall–Kier alpha value is -2.21. The summed E-state index contributed by atoms with van der Waals surface area (Å²) < 4.78 is 7.30. The van der Waals surface area contributed by atoms with Crippen molar-refractivity contribution in [1.29, 1.82) is 0 Å². The highest BCUT2D eigenvalue weighted by atomic mass is 32.1. The number of rotatable bonds is 2. The summed E-state index contributed by atoms with van der Waals surface area (Å²) in [6, 6.07) is 10.2. The van der Waals surface area contributed by atoms with E-state index in [2.05, 4.69) is 21.6 Å². The second kappa shape index (κ2) is 4.42. The molecular formula is C14H12N4OS. The fraction of sp³-hybridized carbons (Fsp3) is 0.214. The van der Waals surface area contributed by atoms with Crippen LogP contribution in [0.2, 0.25) is 0 Å². The normalized spacial score (nSPS) is 17.3. The Morgan fingerprint density at radius 3 is 2.85 bits per heavy atom. The predicted molar refractivity (Wildman–Crippen MR) is 76.4 cm³/mol. The third-order valence-electron chi connectivity index (χ3n) is 3.68. The summed E-state index contributed by atoms with van der Waals surface area (Å²) in [5.41, 5.74) is 1.83. The van der Waals surface area contributed by atoms with Crippen LogP contribution in [0, 0.1) is 0 Å². The van der Waals surface area contributed by atoms with E-state index in [1.807, 2.05) is 28.1 Å². The first-order valence-electron chi connectivity index (χ1n) is 6.50. The molecule has 0 fully saturated rings. The Balaban J connectivity index is 1.85. The van der Waals surface area contributed by atoms with E-state index in [-0.39, 0.29) is 11.7 Å². The molecule has 3 heterocycles. The number of hydrogen-bond donors (Lipinski definition) is 0. The molecule has 1 aromatic carbocycles. The zero-order valence-electron chi connectivity index (χ0n) is 10.6. The van der Waals surface area contributed by atoms with Gasteiger partial charge in [0.15, 0.2) is 0 Å². The van der Waals surface area contributed by atoms with Crippen LogP contribution in [0.4, 0.5) is 0 Å². The molecule has 1 atom stereocenters. The minimum Gasteiger partial charge on any atom is -0.271 e. The molecule has 0 amide bonds. The smallest absolute Gasteiger partial charge is 0.271 e. The van der Waals surface area contributed by atoms with Crippen molar-refractivity contribution in [2.45, 2.75) is 18.9 Å². The Morgan fingerprint density at radius 1 is 1.25 bits per heavy atom. The molecule has 0 bridgehead atoms. The third-order valence-corrected chi connectivity index (χ3v) is 4.26. The lowest BCUT2D eigenvalue weighted by molar-refractivity contribution is 0.588. The van der Waals surface area contributed by atoms with Crippen molar-refractivity contribution >= 4 is 11.5 Å². The van der Waals surface area contributed by atoms with Gasteiger partial charge in [-0.2, -0.15) is 9.06 Å². The first-order valence-corrected chi connectivity index (χ1v) is 7.33. The molecule has 100 valence electrons. The molecule has 5 nitrogen and oxygen atoms in total. The minimum absolute atomic E-state index is 0.0773. The lowest BCUT2D eigenvalue weighted by Crippen LogP contribution is -2.26. The maximum atomic E-state index is 12.6. The molecule has 0 aliphatic carbocycles. The number of hydrogen-bond acceptors (Lipinski definition) is 4. The molecular weight excluding hydrogens is 272 g/mol. The van der Waals surface area contributed by atoms with Crippen LogP contribution in [0.25, 0.3) is 5.69 Å². The van der Waals surface area contributed by atoms with E-state index in [4.69, 9.17) is 0 Å². The van der Waals surface area contributed by atoms with Gasteiger partial charge in [-0.15, -0.1) is 5.10 Å². The van der Waals surface area contributed by atoms with E-state index in [0.717, 1.165) is 29.9 Å². The van der Waals surface area contributed by atoms with Gasteiger partial charge in [-0.3, -0.25) is 4.57 Å². The SMILES string of the molecule is O=c1n(-c2cnsc2)nc2n1[C@H](c1ccccc1)CC2. The van der Waals surface area contributed by atoms with Gasteiger partial charge in [0.25, 0.3) is 0 Å². The van der Waals surface area contributed by atoms with Crippen molar-refractivity contribution in [2.75, 3.05) is 0 Å². The van der Waals surface area contributed by atoms with E-state index < -0.39 is 0 Å². The fourth-order valence-electron chi connectivity index (χ4n) is 2.76. The van der Waals surface area contributed by atoms with Crippen LogP contribution >= 0.6 is 11.5 Å². The second-order valence-electron chi connectivity index (χ2n) is 4.83. The Morgan fingerprint density at radius 2 is 2.10 bits per heavy atom. The number of fused-ring (bicyclic) bond motifs is 1. The maximum Gasteiger partial charge on any atom is 0.351 e. The average molecular weight is 284 g/mol. The number of nitrogens with zero attached hydrogens (tertiary/aromatic N) is 4. The molecule has 0 spiro atoms. The van der Waals surface area contributed by atoms with Gasteiger partial charge in [0.1, 0.15) is 11.5 Å². The maximum absolute atomic E-state index is 12.6. The molecule has 6 heteroatoms. The van der Waals surface area contributed by atoms with Gasteiger partial charge in [-0.25, -0.2) is 4.79 Å². The van der Waals surface area contributed by atoms with E-state index in [1.54, 1.807) is 6.20 Å². The zero-order chi connectivity index (χ0) is 13.5. The topological polar surface area (TPSA) is 52.7 Å². The molecule has 3 aromatic rings. The van der Waals surface area contributed by atoms with Gasteiger partial charge in [0.05, 0.1) is 12.2 Å². The molecule has 1 aliphatic heterocycles. The van der Waals surface area contributed by atoms with Crippen LogP contribution in [-0.2, 0) is 6.42 Å². The third kappa shape index (κ3) is 1.65. The van der Waals surface area contributed by atoms with Crippen LogP contribution in [0.1, 0.15) is 23.9 Å². The standard InChI is InChI=1S/C14H12N4OS/c19-14-17-12(10-4-2-1-3-5-10)6-7-13(17)16-18(14)11-8-15-20-9-11/h1-5,8-9,12H,6-7H2/t12-/m0/s1. The summed E-state index contributed by atoms with van der Waals surface area (Å²) in [6.45, 7) is 0. The van der Waals surface area contributed by atoms with Gasteiger partial charge < -0.3 is 0 Å². The lowest BCUT2D eigenvalue weighted by atomic mass is 10.1. The van der Waals surface area contributed by atoms with E-state index in [0.29, 0.717) is 0 Å². The number of aromatic nitrogens is 4. The van der Waals surface area contributed by atoms with Gasteiger partial charge in [0.2, 0.25) is 0 Å². The molecule has 0 unspecified atom stereocenters. The van der Waals surface area contributed by atoms with Crippen molar-refractivity contribution in [1.82, 2.24) is 18.7 Å². The fourth-order valence-corrected chi connectivity index (χ4v) is 3.26. The highest BCUT2D eigenvalue weighted by molar-refractivity contribution is 7.03. The van der Waals surface area contributed by atoms with E-state index in [1.165, 1.54) is 16.2 Å². The minimum atomic E-state index is -0.0773. The number of aryl methyl sites for hydroxylation is 1. The van der Waals surface area contributed by atoms with Crippen molar-refractivity contribution in [3.63, 3.8) is 0 Å². The molecule has 0 saturated carbocycles. The number of benzene rings is 1. The predicted octanol–water partition coefficient (Wildman–Crippen LogP) is 2.03. The Bertz CT molecular complexity index is 788. The van der Waals surface area contributed by atoms with Gasteiger partial charge in [0, 0.05) is 11.8 Å². The van der Waals surface area contributed by atoms with Crippen LogP contribution in [-0.4, -0.2) is 18.7 Å². The summed E-state index contributed by atoms with van der Waals surface area (Å²) in [4.78, 5) is 12.6. The van der Waals surface area contributed by atoms with Gasteiger partial charge >= 0.3 is 5.69 Å². The van der Waals surface area contributed by atoms with E-state index in [9.17, 15) is 4.79 Å². The van der Waals surface area contributed by atoms with E-state index >= 15 is 0 Å². The Labute approximate surface area is 119 Å². The van der Waals surface area contributed by atoms with Crippen molar-refractivity contribution in [2.24, 2.45) is 0 Å². The van der Waals surface area contributed by atoms with Crippen molar-refractivity contribution in [3.8, 4) is 5.69 Å². The van der Waals surface area contributed by atoms with Gasteiger partial charge in [-0.05, 0) is 23.5 Å². The highest BCUT2D eigenvalue weighted by Crippen LogP contribution is 2.29. The van der Waals surface area contributed by atoms with Crippen molar-refractivity contribution < 1.29 is 0 Å². The quantitative estimate of drug-likeness (QED) is 0.723. The first kappa shape index (κ1) is 11.6. The monoisotopic (exact) mass is 284 g/mol. The van der Waals surface area contributed by atoms with Gasteiger partial charge in [-0.1, -0.05) is 30.3 Å². The molecule has 0 saturated heterocycles. The highest BCUT2D eigenvalue weighted by Gasteiger charge is 2.29. The lowest BCUT2D eigenvalue weighted by Gasteiger charge is -2.11. The van der Waals surface area contributed by atoms with Crippen LogP contribution in [0.3, 0.4) is 0 Å². The zero-order valence-corrected chi connectivity index (χ0v) is 11.5. The largest absolute Gasteiger partial charge is 0.351 e. The molecule has 1 aliphatic rings. The summed E-state index contributed by atoms with van der Waals surface area (Å²) >= 11 is 1.32. The molecule has 4 rings (SSSR count). The molecule has 0 N–H and O–H groups in total. The van der Waals surface area contributed by atoms with Crippen LogP contribution in [0.15, 0.2) is 46.7 Å². The molecule has 20 heavy (non-hydrogen) atoms. The second-order valence-corrected chi connectivity index (χ2v) is 5.49. The van der Waals surface area contributed by atoms with Crippen molar-refractivity contribution in [3.05, 3.63) is 63.8 Å². The first-order chi connectivity index (χ1) is 9.84. The Kier molecular flexibility index (Phi) is 2.56. The molecule has 0 radical (unpaired) electrons. The molecule has 2 aromatic heterocycles. The summed E-state index contributed by atoms with van der Waals surface area (Å²) in [7, 11) is 0. The summed E-state index contributed by atoms with van der Waals surface area (Å²) in [5.74, 6) is 0.857. The van der Waals surface area contributed by atoms with Crippen LogP contribution in [0.5, 0.6) is 0 Å². The van der Waals surface area contributed by atoms with Crippen LogP contribution < -0.4 is 5.69 Å². The summed E-state index contributed by atoms with van der Waals surface area (Å²) in [6.07, 6.45) is 3.44. The average Bonchev–Trinajstić information content (AvgIpc) is 3.18.